The number of rotatable bonds is 0. The maximum atomic E-state index is 8.94. The SMILES string of the molecule is Cc1ccc(C)c2c(C#N)nccc12. The third kappa shape index (κ3) is 1.14. The van der Waals surface area contributed by atoms with Gasteiger partial charge in [-0.3, -0.25) is 0 Å². The molecule has 0 atom stereocenters. The molecule has 1 heterocycles. The maximum absolute atomic E-state index is 8.94. The first kappa shape index (κ1) is 8.71. The number of nitriles is 1. The first-order chi connectivity index (χ1) is 6.74. The Kier molecular flexibility index (Phi) is 1.94. The quantitative estimate of drug-likeness (QED) is 0.628. The van der Waals surface area contributed by atoms with E-state index in [9.17, 15) is 0 Å². The number of aromatic nitrogens is 1. The molecule has 0 saturated heterocycles. The van der Waals surface area contributed by atoms with Crippen molar-refractivity contribution < 1.29 is 0 Å². The van der Waals surface area contributed by atoms with E-state index >= 15 is 0 Å². The molecule has 0 aliphatic carbocycles. The second-order valence-electron chi connectivity index (χ2n) is 3.39. The Morgan fingerprint density at radius 1 is 1.14 bits per heavy atom. The minimum atomic E-state index is 0.517. The zero-order valence-corrected chi connectivity index (χ0v) is 8.20. The minimum absolute atomic E-state index is 0.517. The van der Waals surface area contributed by atoms with E-state index < -0.39 is 0 Å². The number of fused-ring (bicyclic) bond motifs is 1. The molecule has 1 aromatic carbocycles. The highest BCUT2D eigenvalue weighted by Crippen LogP contribution is 2.23. The van der Waals surface area contributed by atoms with Crippen LogP contribution in [0.4, 0.5) is 0 Å². The van der Waals surface area contributed by atoms with Crippen molar-refractivity contribution >= 4 is 10.8 Å². The Morgan fingerprint density at radius 2 is 1.86 bits per heavy atom. The second kappa shape index (κ2) is 3.12. The van der Waals surface area contributed by atoms with Crippen LogP contribution in [0.2, 0.25) is 0 Å². The van der Waals surface area contributed by atoms with Gasteiger partial charge in [-0.2, -0.15) is 5.26 Å². The third-order valence-corrected chi connectivity index (χ3v) is 2.46. The van der Waals surface area contributed by atoms with Crippen molar-refractivity contribution in [1.82, 2.24) is 4.98 Å². The molecule has 2 aromatic rings. The van der Waals surface area contributed by atoms with Gasteiger partial charge in [0.15, 0.2) is 0 Å². The number of benzene rings is 1. The largest absolute Gasteiger partial charge is 0.245 e. The fourth-order valence-corrected chi connectivity index (χ4v) is 1.70. The lowest BCUT2D eigenvalue weighted by Crippen LogP contribution is -1.89. The van der Waals surface area contributed by atoms with Crippen LogP contribution in [0.15, 0.2) is 24.4 Å². The molecule has 0 bridgehead atoms. The fraction of sp³-hybridized carbons (Fsp3) is 0.167. The summed E-state index contributed by atoms with van der Waals surface area (Å²) in [5, 5.41) is 11.0. The molecule has 0 N–H and O–H groups in total. The minimum Gasteiger partial charge on any atom is -0.245 e. The van der Waals surface area contributed by atoms with Gasteiger partial charge in [0, 0.05) is 11.6 Å². The molecule has 0 amide bonds. The topological polar surface area (TPSA) is 36.7 Å². The summed E-state index contributed by atoms with van der Waals surface area (Å²) in [4.78, 5) is 4.07. The predicted molar refractivity (Wildman–Crippen MR) is 55.9 cm³/mol. The molecule has 0 saturated carbocycles. The zero-order valence-electron chi connectivity index (χ0n) is 8.20. The molecule has 0 spiro atoms. The van der Waals surface area contributed by atoms with Gasteiger partial charge in [0.1, 0.15) is 11.8 Å². The van der Waals surface area contributed by atoms with E-state index in [2.05, 4.69) is 17.1 Å². The monoisotopic (exact) mass is 182 g/mol. The molecule has 2 nitrogen and oxygen atoms in total. The van der Waals surface area contributed by atoms with Crippen LogP contribution in [-0.2, 0) is 0 Å². The molecule has 0 radical (unpaired) electrons. The number of nitrogens with zero attached hydrogens (tertiary/aromatic N) is 2. The molecule has 0 unspecified atom stereocenters. The van der Waals surface area contributed by atoms with Gasteiger partial charge in [-0.1, -0.05) is 12.1 Å². The van der Waals surface area contributed by atoms with Crippen molar-refractivity contribution in [3.8, 4) is 6.07 Å². The van der Waals surface area contributed by atoms with E-state index in [4.69, 9.17) is 5.26 Å². The molecule has 0 aliphatic heterocycles. The van der Waals surface area contributed by atoms with E-state index in [1.807, 2.05) is 26.0 Å². The highest BCUT2D eigenvalue weighted by Gasteiger charge is 2.05. The lowest BCUT2D eigenvalue weighted by Gasteiger charge is -2.05. The zero-order chi connectivity index (χ0) is 10.1. The lowest BCUT2D eigenvalue weighted by atomic mass is 10.0. The van der Waals surface area contributed by atoms with Crippen molar-refractivity contribution in [3.05, 3.63) is 41.2 Å². The fourth-order valence-electron chi connectivity index (χ4n) is 1.70. The van der Waals surface area contributed by atoms with Crippen LogP contribution >= 0.6 is 0 Å². The van der Waals surface area contributed by atoms with Crippen LogP contribution in [0.5, 0.6) is 0 Å². The Morgan fingerprint density at radius 3 is 2.57 bits per heavy atom. The van der Waals surface area contributed by atoms with Gasteiger partial charge in [0.05, 0.1) is 0 Å². The van der Waals surface area contributed by atoms with Gasteiger partial charge in [-0.15, -0.1) is 0 Å². The molecular weight excluding hydrogens is 172 g/mol. The Hall–Kier alpha value is -1.88. The number of hydrogen-bond donors (Lipinski definition) is 0. The summed E-state index contributed by atoms with van der Waals surface area (Å²) in [6.07, 6.45) is 1.69. The van der Waals surface area contributed by atoms with E-state index in [1.165, 1.54) is 5.56 Å². The maximum Gasteiger partial charge on any atom is 0.148 e. The average Bonchev–Trinajstić information content (AvgIpc) is 2.23. The van der Waals surface area contributed by atoms with Gasteiger partial charge in [-0.25, -0.2) is 4.98 Å². The summed E-state index contributed by atoms with van der Waals surface area (Å²) >= 11 is 0. The summed E-state index contributed by atoms with van der Waals surface area (Å²) in [5.74, 6) is 0. The predicted octanol–water partition coefficient (Wildman–Crippen LogP) is 2.72. The molecule has 0 aliphatic rings. The van der Waals surface area contributed by atoms with Crippen LogP contribution in [0.3, 0.4) is 0 Å². The molecule has 14 heavy (non-hydrogen) atoms. The Balaban J connectivity index is 3.01. The van der Waals surface area contributed by atoms with Crippen molar-refractivity contribution in [2.24, 2.45) is 0 Å². The van der Waals surface area contributed by atoms with Crippen LogP contribution in [-0.4, -0.2) is 4.98 Å². The van der Waals surface area contributed by atoms with Crippen molar-refractivity contribution in [2.75, 3.05) is 0 Å². The van der Waals surface area contributed by atoms with Crippen molar-refractivity contribution in [3.63, 3.8) is 0 Å². The summed E-state index contributed by atoms with van der Waals surface area (Å²) in [7, 11) is 0. The number of hydrogen-bond acceptors (Lipinski definition) is 2. The molecule has 1 aromatic heterocycles. The van der Waals surface area contributed by atoms with Crippen molar-refractivity contribution in [1.29, 1.82) is 5.26 Å². The number of pyridine rings is 1. The summed E-state index contributed by atoms with van der Waals surface area (Å²) < 4.78 is 0. The van der Waals surface area contributed by atoms with Crippen LogP contribution in [0.25, 0.3) is 10.8 Å². The Labute approximate surface area is 82.8 Å². The van der Waals surface area contributed by atoms with Gasteiger partial charge in [0.2, 0.25) is 0 Å². The molecule has 68 valence electrons. The first-order valence-corrected chi connectivity index (χ1v) is 4.49. The van der Waals surface area contributed by atoms with Gasteiger partial charge in [-0.05, 0) is 36.4 Å². The average molecular weight is 182 g/mol. The second-order valence-corrected chi connectivity index (χ2v) is 3.39. The highest BCUT2D eigenvalue weighted by atomic mass is 14.7. The van der Waals surface area contributed by atoms with Crippen LogP contribution in [0.1, 0.15) is 16.8 Å². The first-order valence-electron chi connectivity index (χ1n) is 4.49. The molecule has 2 heteroatoms. The van der Waals surface area contributed by atoms with Gasteiger partial charge < -0.3 is 0 Å². The van der Waals surface area contributed by atoms with Gasteiger partial charge >= 0.3 is 0 Å². The summed E-state index contributed by atoms with van der Waals surface area (Å²) in [5.41, 5.74) is 2.81. The summed E-state index contributed by atoms with van der Waals surface area (Å²) in [6.45, 7) is 4.05. The standard InChI is InChI=1S/C12H10N2/c1-8-3-4-9(2)12-10(8)5-6-14-11(12)7-13/h3-6H,1-2H3. The summed E-state index contributed by atoms with van der Waals surface area (Å²) in [6, 6.07) is 8.18. The highest BCUT2D eigenvalue weighted by molar-refractivity contribution is 5.91. The third-order valence-electron chi connectivity index (χ3n) is 2.46. The van der Waals surface area contributed by atoms with Crippen LogP contribution < -0.4 is 0 Å². The Bertz CT molecular complexity index is 536. The van der Waals surface area contributed by atoms with Crippen molar-refractivity contribution in [2.45, 2.75) is 13.8 Å². The normalized spacial score (nSPS) is 10.1. The molecule has 0 fully saturated rings. The molecular formula is C12H10N2. The van der Waals surface area contributed by atoms with Gasteiger partial charge in [0.25, 0.3) is 0 Å². The van der Waals surface area contributed by atoms with E-state index in [0.717, 1.165) is 16.3 Å². The van der Waals surface area contributed by atoms with E-state index in [0.29, 0.717) is 5.69 Å². The number of aryl methyl sites for hydroxylation is 2. The smallest absolute Gasteiger partial charge is 0.148 e. The molecule has 2 rings (SSSR count). The van der Waals surface area contributed by atoms with E-state index in [1.54, 1.807) is 6.20 Å². The van der Waals surface area contributed by atoms with Crippen LogP contribution in [0, 0.1) is 25.2 Å². The van der Waals surface area contributed by atoms with E-state index in [-0.39, 0.29) is 0 Å². The lowest BCUT2D eigenvalue weighted by molar-refractivity contribution is 1.28.